The monoisotopic (exact) mass is 311 g/mol. The lowest BCUT2D eigenvalue weighted by Crippen LogP contribution is -1.85. The Morgan fingerprint density at radius 1 is 1.21 bits per heavy atom. The van der Waals surface area contributed by atoms with E-state index in [1.54, 1.807) is 6.07 Å². The van der Waals surface area contributed by atoms with E-state index >= 15 is 0 Å². The smallest absolute Gasteiger partial charge is 0.138 e. The van der Waals surface area contributed by atoms with Crippen molar-refractivity contribution in [2.75, 3.05) is 0 Å². The number of fused-ring (bicyclic) bond motifs is 1. The quantitative estimate of drug-likeness (QED) is 0.733. The average Bonchev–Trinajstić information content (AvgIpc) is 2.83. The predicted molar refractivity (Wildman–Crippen MR) is 78.7 cm³/mol. The second-order valence-corrected chi connectivity index (χ2v) is 5.30. The van der Waals surface area contributed by atoms with Gasteiger partial charge in [0.15, 0.2) is 0 Å². The zero-order chi connectivity index (χ0) is 13.4. The third-order valence-electron chi connectivity index (χ3n) is 3.07. The number of nitrogens with one attached hydrogen (secondary N) is 1. The Balaban J connectivity index is 2.21. The number of rotatable bonds is 1. The van der Waals surface area contributed by atoms with Gasteiger partial charge in [0, 0.05) is 10.0 Å². The molecule has 1 heterocycles. The van der Waals surface area contributed by atoms with Crippen LogP contribution in [0.1, 0.15) is 11.1 Å². The first-order chi connectivity index (χ1) is 9.17. The van der Waals surface area contributed by atoms with Gasteiger partial charge < -0.3 is 4.98 Å². The average molecular weight is 312 g/mol. The second kappa shape index (κ2) is 4.52. The highest BCUT2D eigenvalue weighted by molar-refractivity contribution is 9.10. The topological polar surface area (TPSA) is 52.5 Å². The number of hydrogen-bond acceptors (Lipinski definition) is 2. The Morgan fingerprint density at radius 3 is 2.84 bits per heavy atom. The molecule has 0 aliphatic heterocycles. The maximum Gasteiger partial charge on any atom is 0.138 e. The van der Waals surface area contributed by atoms with E-state index in [1.807, 2.05) is 30.3 Å². The highest BCUT2D eigenvalue weighted by Crippen LogP contribution is 2.26. The summed E-state index contributed by atoms with van der Waals surface area (Å²) in [5.41, 5.74) is 4.60. The lowest BCUT2D eigenvalue weighted by molar-refractivity contribution is 1.30. The van der Waals surface area contributed by atoms with Crippen LogP contribution >= 0.6 is 15.9 Å². The highest BCUT2D eigenvalue weighted by Gasteiger charge is 2.08. The summed E-state index contributed by atoms with van der Waals surface area (Å²) in [7, 11) is 0. The van der Waals surface area contributed by atoms with Crippen LogP contribution < -0.4 is 0 Å². The van der Waals surface area contributed by atoms with Crippen LogP contribution in [0.5, 0.6) is 0 Å². The van der Waals surface area contributed by atoms with Gasteiger partial charge in [0.1, 0.15) is 5.82 Å². The highest BCUT2D eigenvalue weighted by atomic mass is 79.9. The van der Waals surface area contributed by atoms with Crippen LogP contribution in [0.4, 0.5) is 0 Å². The van der Waals surface area contributed by atoms with Gasteiger partial charge in [-0.2, -0.15) is 5.26 Å². The predicted octanol–water partition coefficient (Wildman–Crippen LogP) is 4.17. The molecule has 0 saturated carbocycles. The summed E-state index contributed by atoms with van der Waals surface area (Å²) in [5.74, 6) is 0.823. The summed E-state index contributed by atoms with van der Waals surface area (Å²) in [6.45, 7) is 2.05. The van der Waals surface area contributed by atoms with Gasteiger partial charge >= 0.3 is 0 Å². The van der Waals surface area contributed by atoms with Crippen LogP contribution in [0, 0.1) is 18.3 Å². The van der Waals surface area contributed by atoms with Gasteiger partial charge in [0.05, 0.1) is 22.7 Å². The third kappa shape index (κ3) is 2.13. The summed E-state index contributed by atoms with van der Waals surface area (Å²) in [6.07, 6.45) is 0. The lowest BCUT2D eigenvalue weighted by Gasteiger charge is -2.02. The Morgan fingerprint density at radius 2 is 2.05 bits per heavy atom. The molecule has 92 valence electrons. The van der Waals surface area contributed by atoms with Crippen molar-refractivity contribution in [2.45, 2.75) is 6.92 Å². The minimum absolute atomic E-state index is 0.633. The fourth-order valence-electron chi connectivity index (χ4n) is 2.06. The molecule has 0 aliphatic rings. The van der Waals surface area contributed by atoms with Crippen molar-refractivity contribution in [1.82, 2.24) is 9.97 Å². The number of benzene rings is 2. The number of imidazole rings is 1. The minimum atomic E-state index is 0.633. The standard InChI is InChI=1S/C15H10BrN3/c1-9-2-4-11(16)7-12(9)15-18-13-5-3-10(8-17)6-14(13)19-15/h2-7H,1H3,(H,18,19). The number of halogens is 1. The molecule has 0 fully saturated rings. The van der Waals surface area contributed by atoms with E-state index in [2.05, 4.69) is 38.9 Å². The summed E-state index contributed by atoms with van der Waals surface area (Å²) < 4.78 is 1.02. The van der Waals surface area contributed by atoms with Crippen molar-refractivity contribution < 1.29 is 0 Å². The zero-order valence-corrected chi connectivity index (χ0v) is 11.8. The molecule has 0 unspecified atom stereocenters. The molecule has 0 aliphatic carbocycles. The first kappa shape index (κ1) is 11.9. The SMILES string of the molecule is Cc1ccc(Br)cc1-c1nc2ccc(C#N)cc2[nH]1. The van der Waals surface area contributed by atoms with Crippen molar-refractivity contribution in [1.29, 1.82) is 5.26 Å². The number of hydrogen-bond donors (Lipinski definition) is 1. The zero-order valence-electron chi connectivity index (χ0n) is 10.2. The van der Waals surface area contributed by atoms with Gasteiger partial charge in [-0.1, -0.05) is 22.0 Å². The van der Waals surface area contributed by atoms with Gasteiger partial charge in [0.25, 0.3) is 0 Å². The Labute approximate surface area is 119 Å². The van der Waals surface area contributed by atoms with Crippen LogP contribution in [0.15, 0.2) is 40.9 Å². The molecule has 0 radical (unpaired) electrons. The molecule has 0 bridgehead atoms. The number of nitrogens with zero attached hydrogens (tertiary/aromatic N) is 2. The third-order valence-corrected chi connectivity index (χ3v) is 3.56. The number of nitriles is 1. The van der Waals surface area contributed by atoms with Gasteiger partial charge in [-0.05, 0) is 42.8 Å². The van der Waals surface area contributed by atoms with Crippen LogP contribution in [0.25, 0.3) is 22.4 Å². The first-order valence-electron chi connectivity index (χ1n) is 5.84. The Bertz CT molecular complexity index is 812. The fraction of sp³-hybridized carbons (Fsp3) is 0.0667. The molecule has 3 aromatic rings. The molecule has 19 heavy (non-hydrogen) atoms. The second-order valence-electron chi connectivity index (χ2n) is 4.39. The molecule has 0 spiro atoms. The number of aryl methyl sites for hydroxylation is 1. The van der Waals surface area contributed by atoms with Crippen LogP contribution in [-0.2, 0) is 0 Å². The molecule has 3 nitrogen and oxygen atoms in total. The van der Waals surface area contributed by atoms with E-state index in [4.69, 9.17) is 5.26 Å². The van der Waals surface area contributed by atoms with Crippen molar-refractivity contribution in [2.24, 2.45) is 0 Å². The molecule has 1 aromatic heterocycles. The van der Waals surface area contributed by atoms with E-state index in [0.29, 0.717) is 5.56 Å². The van der Waals surface area contributed by atoms with E-state index in [-0.39, 0.29) is 0 Å². The van der Waals surface area contributed by atoms with E-state index in [9.17, 15) is 0 Å². The summed E-state index contributed by atoms with van der Waals surface area (Å²) >= 11 is 3.48. The Hall–Kier alpha value is -2.12. The fourth-order valence-corrected chi connectivity index (χ4v) is 2.42. The van der Waals surface area contributed by atoms with Gasteiger partial charge in [-0.3, -0.25) is 0 Å². The molecule has 0 amide bonds. The summed E-state index contributed by atoms with van der Waals surface area (Å²) in [4.78, 5) is 7.85. The lowest BCUT2D eigenvalue weighted by atomic mass is 10.1. The van der Waals surface area contributed by atoms with E-state index in [0.717, 1.165) is 32.5 Å². The summed E-state index contributed by atoms with van der Waals surface area (Å²) in [5, 5.41) is 8.91. The van der Waals surface area contributed by atoms with Crippen molar-refractivity contribution in [3.8, 4) is 17.5 Å². The van der Waals surface area contributed by atoms with Crippen LogP contribution in [-0.4, -0.2) is 9.97 Å². The van der Waals surface area contributed by atoms with Gasteiger partial charge in [-0.15, -0.1) is 0 Å². The van der Waals surface area contributed by atoms with Crippen molar-refractivity contribution in [3.63, 3.8) is 0 Å². The van der Waals surface area contributed by atoms with E-state index in [1.165, 1.54) is 0 Å². The van der Waals surface area contributed by atoms with Crippen molar-refractivity contribution in [3.05, 3.63) is 52.0 Å². The summed E-state index contributed by atoms with van der Waals surface area (Å²) in [6, 6.07) is 13.7. The number of H-pyrrole nitrogens is 1. The Kier molecular flexibility index (Phi) is 2.84. The van der Waals surface area contributed by atoms with Gasteiger partial charge in [-0.25, -0.2) is 4.98 Å². The molecule has 4 heteroatoms. The minimum Gasteiger partial charge on any atom is -0.338 e. The maximum absolute atomic E-state index is 8.91. The molecule has 0 atom stereocenters. The molecule has 0 saturated heterocycles. The van der Waals surface area contributed by atoms with Gasteiger partial charge in [0.2, 0.25) is 0 Å². The largest absolute Gasteiger partial charge is 0.338 e. The molecular weight excluding hydrogens is 302 g/mol. The maximum atomic E-state index is 8.91. The molecule has 3 rings (SSSR count). The number of aromatic nitrogens is 2. The van der Waals surface area contributed by atoms with Crippen LogP contribution in [0.2, 0.25) is 0 Å². The molecular formula is C15H10BrN3. The molecule has 1 N–H and O–H groups in total. The normalized spacial score (nSPS) is 10.6. The number of aromatic amines is 1. The van der Waals surface area contributed by atoms with Crippen molar-refractivity contribution >= 4 is 27.0 Å². The molecule has 2 aromatic carbocycles. The van der Waals surface area contributed by atoms with E-state index < -0.39 is 0 Å². The van der Waals surface area contributed by atoms with Crippen LogP contribution in [0.3, 0.4) is 0 Å². The first-order valence-corrected chi connectivity index (χ1v) is 6.63.